The fraction of sp³-hybridized carbons (Fsp3) is 0.167. The second-order valence-corrected chi connectivity index (χ2v) is 5.61. The molecule has 0 saturated carbocycles. The van der Waals surface area contributed by atoms with Crippen molar-refractivity contribution in [2.24, 2.45) is 0 Å². The van der Waals surface area contributed by atoms with Gasteiger partial charge in [-0.15, -0.1) is 5.10 Å². The smallest absolute Gasteiger partial charge is 0.365 e. The molecule has 8 heteroatoms. The highest BCUT2D eigenvalue weighted by molar-refractivity contribution is 5.59. The lowest BCUT2D eigenvalue weighted by Crippen LogP contribution is -2.10. The number of hydrogen-bond acceptors (Lipinski definition) is 5. The molecule has 0 radical (unpaired) electrons. The van der Waals surface area contributed by atoms with Crippen LogP contribution in [0.2, 0.25) is 0 Å². The first-order chi connectivity index (χ1) is 12.4. The second kappa shape index (κ2) is 7.38. The molecule has 0 amide bonds. The third-order valence-corrected chi connectivity index (χ3v) is 3.76. The molecule has 2 aromatic carbocycles. The molecule has 3 rings (SSSR count). The normalized spacial score (nSPS) is 11.2. The van der Waals surface area contributed by atoms with E-state index in [0.717, 1.165) is 17.2 Å². The summed E-state index contributed by atoms with van der Waals surface area (Å²) in [6.07, 6.45) is -3.06. The standard InChI is InChI=1S/C18H16F3N5/c1-12-6-2-3-7-13(12)10-22-16-11-23-26-17(25-16)24-15-9-5-4-8-14(15)18(19,20)21/h2-9,11H,10H2,1H3,(H2,22,24,25,26). The number of alkyl halides is 3. The van der Waals surface area contributed by atoms with E-state index in [4.69, 9.17) is 0 Å². The van der Waals surface area contributed by atoms with Gasteiger partial charge in [0.1, 0.15) is 0 Å². The van der Waals surface area contributed by atoms with E-state index in [1.807, 2.05) is 31.2 Å². The van der Waals surface area contributed by atoms with E-state index in [-0.39, 0.29) is 11.6 Å². The van der Waals surface area contributed by atoms with Crippen molar-refractivity contribution in [3.8, 4) is 0 Å². The zero-order valence-electron chi connectivity index (χ0n) is 13.9. The van der Waals surface area contributed by atoms with E-state index in [1.54, 1.807) is 0 Å². The van der Waals surface area contributed by atoms with Crippen molar-refractivity contribution in [1.82, 2.24) is 15.2 Å². The number of aryl methyl sites for hydroxylation is 1. The molecule has 0 aliphatic carbocycles. The van der Waals surface area contributed by atoms with Crippen molar-refractivity contribution >= 4 is 17.5 Å². The average molecular weight is 359 g/mol. The van der Waals surface area contributed by atoms with Gasteiger partial charge in [0, 0.05) is 6.54 Å². The van der Waals surface area contributed by atoms with Crippen LogP contribution in [-0.4, -0.2) is 15.2 Å². The van der Waals surface area contributed by atoms with Crippen LogP contribution >= 0.6 is 0 Å². The maximum Gasteiger partial charge on any atom is 0.418 e. The molecule has 0 bridgehead atoms. The van der Waals surface area contributed by atoms with E-state index in [0.29, 0.717) is 12.4 Å². The molecule has 134 valence electrons. The van der Waals surface area contributed by atoms with Gasteiger partial charge in [-0.1, -0.05) is 36.4 Å². The predicted octanol–water partition coefficient (Wildman–Crippen LogP) is 4.55. The minimum atomic E-state index is -4.47. The van der Waals surface area contributed by atoms with Gasteiger partial charge in [-0.25, -0.2) is 0 Å². The minimum Gasteiger partial charge on any atom is -0.365 e. The summed E-state index contributed by atoms with van der Waals surface area (Å²) in [6.45, 7) is 2.51. The van der Waals surface area contributed by atoms with Gasteiger partial charge in [-0.05, 0) is 30.2 Å². The summed E-state index contributed by atoms with van der Waals surface area (Å²) in [4.78, 5) is 4.17. The van der Waals surface area contributed by atoms with Crippen LogP contribution in [0.1, 0.15) is 16.7 Å². The summed E-state index contributed by atoms with van der Waals surface area (Å²) in [5, 5.41) is 13.2. The number of para-hydroxylation sites is 1. The molecule has 0 atom stereocenters. The van der Waals surface area contributed by atoms with E-state index < -0.39 is 11.7 Å². The zero-order chi connectivity index (χ0) is 18.6. The fourth-order valence-corrected chi connectivity index (χ4v) is 2.40. The quantitative estimate of drug-likeness (QED) is 0.699. The van der Waals surface area contributed by atoms with Gasteiger partial charge in [-0.2, -0.15) is 23.3 Å². The van der Waals surface area contributed by atoms with Gasteiger partial charge >= 0.3 is 6.18 Å². The second-order valence-electron chi connectivity index (χ2n) is 5.61. The van der Waals surface area contributed by atoms with Gasteiger partial charge in [0.2, 0.25) is 5.95 Å². The van der Waals surface area contributed by atoms with Crippen LogP contribution in [0.5, 0.6) is 0 Å². The van der Waals surface area contributed by atoms with Gasteiger partial charge in [-0.3, -0.25) is 0 Å². The maximum atomic E-state index is 13.1. The third kappa shape index (κ3) is 4.27. The molecule has 0 aliphatic rings. The Hall–Kier alpha value is -3.16. The van der Waals surface area contributed by atoms with Crippen LogP contribution in [0.15, 0.2) is 54.7 Å². The number of nitrogens with zero attached hydrogens (tertiary/aromatic N) is 3. The van der Waals surface area contributed by atoms with Crippen LogP contribution < -0.4 is 10.6 Å². The summed E-state index contributed by atoms with van der Waals surface area (Å²) in [5.74, 6) is 0.395. The van der Waals surface area contributed by atoms with Crippen LogP contribution in [0, 0.1) is 6.92 Å². The van der Waals surface area contributed by atoms with Crippen LogP contribution in [-0.2, 0) is 12.7 Å². The van der Waals surface area contributed by atoms with Crippen LogP contribution in [0.4, 0.5) is 30.6 Å². The van der Waals surface area contributed by atoms with Crippen molar-refractivity contribution in [3.05, 3.63) is 71.4 Å². The molecule has 0 unspecified atom stereocenters. The molecule has 0 aliphatic heterocycles. The molecule has 1 aromatic heterocycles. The highest BCUT2D eigenvalue weighted by Gasteiger charge is 2.33. The summed E-state index contributed by atoms with van der Waals surface area (Å²) in [7, 11) is 0. The number of halogens is 3. The Morgan fingerprint density at radius 3 is 2.50 bits per heavy atom. The van der Waals surface area contributed by atoms with Crippen molar-refractivity contribution in [1.29, 1.82) is 0 Å². The van der Waals surface area contributed by atoms with Crippen LogP contribution in [0.3, 0.4) is 0 Å². The van der Waals surface area contributed by atoms with E-state index >= 15 is 0 Å². The Balaban J connectivity index is 1.75. The highest BCUT2D eigenvalue weighted by atomic mass is 19.4. The number of hydrogen-bond donors (Lipinski definition) is 2. The number of rotatable bonds is 5. The molecule has 26 heavy (non-hydrogen) atoms. The topological polar surface area (TPSA) is 62.7 Å². The average Bonchev–Trinajstić information content (AvgIpc) is 2.61. The number of anilines is 3. The molecule has 0 fully saturated rings. The first-order valence-electron chi connectivity index (χ1n) is 7.85. The summed E-state index contributed by atoms with van der Waals surface area (Å²) in [5.41, 5.74) is 1.29. The number of aromatic nitrogens is 3. The van der Waals surface area contributed by atoms with Gasteiger partial charge < -0.3 is 10.6 Å². The fourth-order valence-electron chi connectivity index (χ4n) is 2.40. The largest absolute Gasteiger partial charge is 0.418 e. The maximum absolute atomic E-state index is 13.1. The number of benzene rings is 2. The van der Waals surface area contributed by atoms with Crippen molar-refractivity contribution in [2.45, 2.75) is 19.6 Å². The Bertz CT molecular complexity index is 896. The molecule has 3 aromatic rings. The first-order valence-corrected chi connectivity index (χ1v) is 7.85. The van der Waals surface area contributed by atoms with E-state index in [2.05, 4.69) is 25.8 Å². The van der Waals surface area contributed by atoms with Crippen molar-refractivity contribution in [2.75, 3.05) is 10.6 Å². The molecule has 5 nitrogen and oxygen atoms in total. The molecule has 1 heterocycles. The van der Waals surface area contributed by atoms with Crippen molar-refractivity contribution in [3.63, 3.8) is 0 Å². The lowest BCUT2D eigenvalue weighted by atomic mass is 10.1. The van der Waals surface area contributed by atoms with Gasteiger partial charge in [0.25, 0.3) is 0 Å². The third-order valence-electron chi connectivity index (χ3n) is 3.76. The zero-order valence-corrected chi connectivity index (χ0v) is 13.9. The lowest BCUT2D eigenvalue weighted by molar-refractivity contribution is -0.136. The Morgan fingerprint density at radius 1 is 1.00 bits per heavy atom. The minimum absolute atomic E-state index is 0.0171. The summed E-state index contributed by atoms with van der Waals surface area (Å²) < 4.78 is 39.2. The Labute approximate surface area is 148 Å². The van der Waals surface area contributed by atoms with Crippen molar-refractivity contribution < 1.29 is 13.2 Å². The highest BCUT2D eigenvalue weighted by Crippen LogP contribution is 2.35. The molecule has 0 saturated heterocycles. The lowest BCUT2D eigenvalue weighted by Gasteiger charge is -2.13. The summed E-state index contributed by atoms with van der Waals surface area (Å²) in [6, 6.07) is 13.0. The van der Waals surface area contributed by atoms with Gasteiger partial charge in [0.15, 0.2) is 5.82 Å². The van der Waals surface area contributed by atoms with Gasteiger partial charge in [0.05, 0.1) is 17.4 Å². The molecular formula is C18H16F3N5. The summed E-state index contributed by atoms with van der Waals surface area (Å²) >= 11 is 0. The molecular weight excluding hydrogens is 343 g/mol. The monoisotopic (exact) mass is 359 g/mol. The predicted molar refractivity (Wildman–Crippen MR) is 93.1 cm³/mol. The Morgan fingerprint density at radius 2 is 1.73 bits per heavy atom. The van der Waals surface area contributed by atoms with E-state index in [1.165, 1.54) is 24.4 Å². The first kappa shape index (κ1) is 17.7. The molecule has 0 spiro atoms. The van der Waals surface area contributed by atoms with Crippen LogP contribution in [0.25, 0.3) is 0 Å². The van der Waals surface area contributed by atoms with E-state index in [9.17, 15) is 13.2 Å². The molecule has 2 N–H and O–H groups in total. The number of nitrogens with one attached hydrogen (secondary N) is 2. The Kier molecular flexibility index (Phi) is 5.01. The SMILES string of the molecule is Cc1ccccc1CNc1cnnc(Nc2ccccc2C(F)(F)F)n1.